The summed E-state index contributed by atoms with van der Waals surface area (Å²) in [7, 11) is -2.10. The van der Waals surface area contributed by atoms with E-state index in [-0.39, 0.29) is 11.3 Å². The van der Waals surface area contributed by atoms with Gasteiger partial charge in [0.05, 0.1) is 41.4 Å². The Hall–Kier alpha value is -4.13. The zero-order valence-corrected chi connectivity index (χ0v) is 23.5. The molecule has 1 aliphatic heterocycles. The van der Waals surface area contributed by atoms with E-state index in [1.54, 1.807) is 36.5 Å². The molecule has 0 spiro atoms. The number of aromatic nitrogens is 1. The van der Waals surface area contributed by atoms with Gasteiger partial charge in [0, 0.05) is 23.5 Å². The van der Waals surface area contributed by atoms with Crippen molar-refractivity contribution in [1.29, 1.82) is 0 Å². The number of thiocarbonyl (C=S) groups is 1. The summed E-state index contributed by atoms with van der Waals surface area (Å²) in [5.74, 6) is 0.0976. The van der Waals surface area contributed by atoms with Crippen molar-refractivity contribution in [2.75, 3.05) is 23.0 Å². The molecule has 0 amide bonds. The molecule has 5 rings (SSSR count). The van der Waals surface area contributed by atoms with Crippen LogP contribution < -0.4 is 19.7 Å². The number of carboxylic acid groups (broad SMARTS) is 1. The van der Waals surface area contributed by atoms with Crippen LogP contribution in [0.15, 0.2) is 77.3 Å². The molecule has 0 saturated carbocycles. The van der Waals surface area contributed by atoms with Crippen molar-refractivity contribution in [3.8, 4) is 17.1 Å². The average molecular weight is 599 g/mol. The topological polar surface area (TPSA) is 134 Å². The molecule has 2 unspecified atom stereocenters. The molecule has 1 fully saturated rings. The SMILES string of the molecule is COc1cc(N2C(=S)NC(c3ccccn3)C2c2ccc(-c3cc(C(=O)O)ccc3Cl)o2)ccc1NS(C)(=O)=O. The highest BCUT2D eigenvalue weighted by Crippen LogP contribution is 2.45. The van der Waals surface area contributed by atoms with Crippen LogP contribution >= 0.6 is 23.8 Å². The van der Waals surface area contributed by atoms with E-state index in [2.05, 4.69) is 15.0 Å². The van der Waals surface area contributed by atoms with Gasteiger partial charge in [0.1, 0.15) is 23.3 Å². The predicted molar refractivity (Wildman–Crippen MR) is 156 cm³/mol. The number of benzene rings is 2. The minimum absolute atomic E-state index is 0.0731. The Morgan fingerprint density at radius 2 is 1.98 bits per heavy atom. The van der Waals surface area contributed by atoms with Gasteiger partial charge in [-0.1, -0.05) is 17.7 Å². The number of hydrogen-bond donors (Lipinski definition) is 3. The number of carboxylic acids is 1. The van der Waals surface area contributed by atoms with Gasteiger partial charge >= 0.3 is 5.97 Å². The number of nitrogens with zero attached hydrogens (tertiary/aromatic N) is 2. The predicted octanol–water partition coefficient (Wildman–Crippen LogP) is 5.25. The minimum atomic E-state index is -3.54. The van der Waals surface area contributed by atoms with Crippen LogP contribution in [0.25, 0.3) is 11.3 Å². The van der Waals surface area contributed by atoms with Crippen molar-refractivity contribution in [3.05, 3.63) is 95.0 Å². The quantitative estimate of drug-likeness (QED) is 0.231. The number of hydrogen-bond acceptors (Lipinski definition) is 7. The summed E-state index contributed by atoms with van der Waals surface area (Å²) in [5.41, 5.74) is 2.10. The van der Waals surface area contributed by atoms with E-state index in [4.69, 9.17) is 33.0 Å². The van der Waals surface area contributed by atoms with E-state index in [0.29, 0.717) is 44.3 Å². The first kappa shape index (κ1) is 27.4. The Labute approximate surface area is 240 Å². The number of pyridine rings is 1. The highest BCUT2D eigenvalue weighted by molar-refractivity contribution is 7.92. The van der Waals surface area contributed by atoms with Crippen LogP contribution in [0.2, 0.25) is 5.02 Å². The standard InChI is InChI=1S/C27H23ClN4O6S2/c1-37-23-14-16(7-9-19(23)31-40(2,35)36)32-25(24(30-27(32)39)20-5-3-4-12-29-20)22-11-10-21(38-22)17-13-15(26(33)34)6-8-18(17)28/h3-14,24-25,31H,1-2H3,(H,30,39)(H,33,34). The number of anilines is 2. The molecule has 13 heteroatoms. The van der Waals surface area contributed by atoms with Crippen LogP contribution in [0.4, 0.5) is 11.4 Å². The summed E-state index contributed by atoms with van der Waals surface area (Å²) in [5, 5.41) is 13.5. The lowest BCUT2D eigenvalue weighted by Crippen LogP contribution is -2.29. The van der Waals surface area contributed by atoms with Crippen molar-refractivity contribution in [2.24, 2.45) is 0 Å². The molecule has 2 atom stereocenters. The van der Waals surface area contributed by atoms with Gasteiger partial charge in [0.25, 0.3) is 0 Å². The molecule has 2 aromatic carbocycles. The van der Waals surface area contributed by atoms with Crippen LogP contribution in [0.5, 0.6) is 5.75 Å². The summed E-state index contributed by atoms with van der Waals surface area (Å²) in [4.78, 5) is 17.9. The first-order chi connectivity index (χ1) is 19.1. The van der Waals surface area contributed by atoms with Gasteiger partial charge in [-0.05, 0) is 66.8 Å². The first-order valence-electron chi connectivity index (χ1n) is 11.8. The maximum absolute atomic E-state index is 11.8. The van der Waals surface area contributed by atoms with E-state index < -0.39 is 28.1 Å². The van der Waals surface area contributed by atoms with E-state index in [9.17, 15) is 18.3 Å². The summed E-state index contributed by atoms with van der Waals surface area (Å²) >= 11 is 12.2. The molecule has 0 radical (unpaired) electrons. The number of sulfonamides is 1. The molecule has 206 valence electrons. The van der Waals surface area contributed by atoms with Gasteiger partial charge in [-0.3, -0.25) is 9.71 Å². The maximum Gasteiger partial charge on any atom is 0.335 e. The Morgan fingerprint density at radius 3 is 2.65 bits per heavy atom. The van der Waals surface area contributed by atoms with Crippen LogP contribution in [-0.2, 0) is 10.0 Å². The Bertz CT molecular complexity index is 1710. The Morgan fingerprint density at radius 1 is 1.18 bits per heavy atom. The molecule has 40 heavy (non-hydrogen) atoms. The molecule has 2 aromatic heterocycles. The third kappa shape index (κ3) is 5.46. The zero-order valence-electron chi connectivity index (χ0n) is 21.2. The highest BCUT2D eigenvalue weighted by atomic mass is 35.5. The van der Waals surface area contributed by atoms with Crippen molar-refractivity contribution < 1.29 is 27.5 Å². The smallest absolute Gasteiger partial charge is 0.335 e. The van der Waals surface area contributed by atoms with Gasteiger partial charge in [-0.2, -0.15) is 0 Å². The number of methoxy groups -OCH3 is 1. The lowest BCUT2D eigenvalue weighted by atomic mass is 10.0. The van der Waals surface area contributed by atoms with Gasteiger partial charge in [0.2, 0.25) is 10.0 Å². The van der Waals surface area contributed by atoms with Crippen molar-refractivity contribution in [3.63, 3.8) is 0 Å². The number of halogens is 1. The third-order valence-corrected chi connectivity index (χ3v) is 7.49. The Kier molecular flexibility index (Phi) is 7.41. The normalized spacial score (nSPS) is 17.0. The minimum Gasteiger partial charge on any atom is -0.494 e. The number of furan rings is 1. The maximum atomic E-state index is 11.8. The molecule has 3 N–H and O–H groups in total. The largest absolute Gasteiger partial charge is 0.494 e. The second-order valence-corrected chi connectivity index (χ2v) is 11.5. The van der Waals surface area contributed by atoms with Gasteiger partial charge in [-0.25, -0.2) is 13.2 Å². The fourth-order valence-electron chi connectivity index (χ4n) is 4.54. The van der Waals surface area contributed by atoms with Crippen LogP contribution in [-0.4, -0.2) is 43.0 Å². The first-order valence-corrected chi connectivity index (χ1v) is 14.5. The molecular weight excluding hydrogens is 576 g/mol. The van der Waals surface area contributed by atoms with Gasteiger partial charge in [0.15, 0.2) is 5.11 Å². The Balaban J connectivity index is 1.61. The summed E-state index contributed by atoms with van der Waals surface area (Å²) in [6, 6.07) is 17.5. The lowest BCUT2D eigenvalue weighted by molar-refractivity contribution is 0.0697. The van der Waals surface area contributed by atoms with Crippen LogP contribution in [0.1, 0.15) is 33.9 Å². The van der Waals surface area contributed by atoms with E-state index in [0.717, 1.165) is 6.26 Å². The fraction of sp³-hybridized carbons (Fsp3) is 0.148. The zero-order chi connectivity index (χ0) is 28.6. The number of nitrogens with one attached hydrogen (secondary N) is 2. The van der Waals surface area contributed by atoms with E-state index in [1.165, 1.54) is 25.3 Å². The summed E-state index contributed by atoms with van der Waals surface area (Å²) in [6.45, 7) is 0. The van der Waals surface area contributed by atoms with Gasteiger partial charge in [-0.15, -0.1) is 0 Å². The molecule has 4 aromatic rings. The van der Waals surface area contributed by atoms with Crippen molar-refractivity contribution >= 4 is 56.3 Å². The summed E-state index contributed by atoms with van der Waals surface area (Å²) < 4.78 is 37.9. The third-order valence-electron chi connectivity index (χ3n) is 6.25. The molecule has 3 heterocycles. The second kappa shape index (κ2) is 10.8. The average Bonchev–Trinajstić information content (AvgIpc) is 3.53. The van der Waals surface area contributed by atoms with Crippen LogP contribution in [0.3, 0.4) is 0 Å². The molecule has 10 nitrogen and oxygen atoms in total. The van der Waals surface area contributed by atoms with E-state index in [1.807, 2.05) is 23.1 Å². The molecule has 1 aliphatic rings. The number of ether oxygens (including phenoxy) is 1. The molecular formula is C27H23ClN4O6S2. The molecule has 0 aliphatic carbocycles. The van der Waals surface area contributed by atoms with Crippen LogP contribution in [0, 0.1) is 0 Å². The summed E-state index contributed by atoms with van der Waals surface area (Å²) in [6.07, 6.45) is 2.74. The van der Waals surface area contributed by atoms with Crippen molar-refractivity contribution in [2.45, 2.75) is 12.1 Å². The van der Waals surface area contributed by atoms with Gasteiger partial charge < -0.3 is 24.5 Å². The van der Waals surface area contributed by atoms with Crippen molar-refractivity contribution in [1.82, 2.24) is 10.3 Å². The monoisotopic (exact) mass is 598 g/mol. The number of rotatable bonds is 8. The highest BCUT2D eigenvalue weighted by Gasteiger charge is 2.43. The number of aromatic carboxylic acids is 1. The fourth-order valence-corrected chi connectivity index (χ4v) is 5.66. The molecule has 0 bridgehead atoms. The number of carbonyl (C=O) groups is 1. The van der Waals surface area contributed by atoms with E-state index >= 15 is 0 Å². The second-order valence-electron chi connectivity index (χ2n) is 8.96. The lowest BCUT2D eigenvalue weighted by Gasteiger charge is -2.27. The molecule has 1 saturated heterocycles.